The summed E-state index contributed by atoms with van der Waals surface area (Å²) in [5.41, 5.74) is 1.23. The van der Waals surface area contributed by atoms with Gasteiger partial charge in [0.15, 0.2) is 16.5 Å². The number of carbonyl (C=O) groups is 1. The van der Waals surface area contributed by atoms with E-state index in [0.717, 1.165) is 0 Å². The quantitative estimate of drug-likeness (QED) is 0.760. The van der Waals surface area contributed by atoms with Gasteiger partial charge in [0.2, 0.25) is 0 Å². The minimum Gasteiger partial charge on any atom is -0.478 e. The molecule has 22 heavy (non-hydrogen) atoms. The van der Waals surface area contributed by atoms with E-state index in [-0.39, 0.29) is 16.4 Å². The average Bonchev–Trinajstić information content (AvgIpc) is 2.90. The maximum absolute atomic E-state index is 10.8. The Kier molecular flexibility index (Phi) is 3.33. The molecule has 9 heteroatoms. The fraction of sp³-hybridized carbons (Fsp3) is 0. The predicted molar refractivity (Wildman–Crippen MR) is 77.2 cm³/mol. The van der Waals surface area contributed by atoms with Crippen LogP contribution in [0.5, 0.6) is 0 Å². The van der Waals surface area contributed by atoms with Crippen LogP contribution in [0.25, 0.3) is 5.65 Å². The number of rotatable bonds is 3. The van der Waals surface area contributed by atoms with E-state index in [0.29, 0.717) is 17.2 Å². The van der Waals surface area contributed by atoms with E-state index < -0.39 is 5.97 Å². The summed E-state index contributed by atoms with van der Waals surface area (Å²) in [4.78, 5) is 18.9. The molecule has 3 rings (SSSR count). The average molecular weight is 315 g/mol. The molecule has 0 bridgehead atoms. The highest BCUT2D eigenvalue weighted by atomic mass is 35.5. The number of fused-ring (bicyclic) bond motifs is 1. The molecule has 108 valence electrons. The van der Waals surface area contributed by atoms with E-state index in [2.05, 4.69) is 20.4 Å². The first-order chi connectivity index (χ1) is 10.6. The molecule has 0 saturated carbocycles. The second kappa shape index (κ2) is 5.31. The monoisotopic (exact) mass is 314 g/mol. The Morgan fingerprint density at radius 3 is 2.82 bits per heavy atom. The third-order valence-corrected chi connectivity index (χ3v) is 3.01. The largest absolute Gasteiger partial charge is 0.478 e. The fourth-order valence-electron chi connectivity index (χ4n) is 1.84. The van der Waals surface area contributed by atoms with E-state index in [1.54, 1.807) is 0 Å². The van der Waals surface area contributed by atoms with Crippen molar-refractivity contribution in [3.05, 3.63) is 47.0 Å². The Labute approximate surface area is 128 Å². The first kappa shape index (κ1) is 13.8. The molecular weight excluding hydrogens is 308 g/mol. The number of aromatic nitrogens is 4. The second-order valence-corrected chi connectivity index (χ2v) is 4.62. The van der Waals surface area contributed by atoms with Crippen molar-refractivity contribution in [2.24, 2.45) is 0 Å². The summed E-state index contributed by atoms with van der Waals surface area (Å²) in [5.74, 6) is -0.643. The highest BCUT2D eigenvalue weighted by Gasteiger charge is 2.11. The molecular formula is C13H7ClN6O2. The molecule has 0 spiro atoms. The third-order valence-electron chi connectivity index (χ3n) is 2.83. The summed E-state index contributed by atoms with van der Waals surface area (Å²) in [7, 11) is 0. The van der Waals surface area contributed by atoms with Gasteiger partial charge in [0, 0.05) is 12.3 Å². The van der Waals surface area contributed by atoms with E-state index in [1.807, 2.05) is 6.07 Å². The number of hydrogen-bond donors (Lipinski definition) is 2. The molecule has 0 saturated heterocycles. The number of imidazole rings is 1. The van der Waals surface area contributed by atoms with Gasteiger partial charge in [-0.25, -0.2) is 14.8 Å². The summed E-state index contributed by atoms with van der Waals surface area (Å²) in [5, 5.41) is 25.0. The number of nitriles is 1. The topological polar surface area (TPSA) is 116 Å². The van der Waals surface area contributed by atoms with Gasteiger partial charge in [0.25, 0.3) is 0 Å². The van der Waals surface area contributed by atoms with Crippen molar-refractivity contribution in [2.45, 2.75) is 0 Å². The second-order valence-electron chi connectivity index (χ2n) is 4.23. The third kappa shape index (κ3) is 2.41. The van der Waals surface area contributed by atoms with Gasteiger partial charge in [-0.15, -0.1) is 0 Å². The van der Waals surface area contributed by atoms with Crippen LogP contribution >= 0.6 is 11.6 Å². The zero-order chi connectivity index (χ0) is 15.7. The fourth-order valence-corrected chi connectivity index (χ4v) is 2.02. The Morgan fingerprint density at radius 1 is 1.36 bits per heavy atom. The van der Waals surface area contributed by atoms with Crippen molar-refractivity contribution < 1.29 is 9.90 Å². The molecule has 0 aliphatic heterocycles. The number of aromatic carboxylic acids is 1. The molecule has 3 heterocycles. The Hall–Kier alpha value is -3.18. The molecule has 0 amide bonds. The van der Waals surface area contributed by atoms with Crippen molar-refractivity contribution >= 4 is 34.7 Å². The lowest BCUT2D eigenvalue weighted by Gasteiger charge is -2.07. The van der Waals surface area contributed by atoms with Crippen molar-refractivity contribution in [1.82, 2.24) is 19.6 Å². The molecule has 0 fully saturated rings. The van der Waals surface area contributed by atoms with Crippen LogP contribution in [0, 0.1) is 11.3 Å². The predicted octanol–water partition coefficient (Wildman–Crippen LogP) is 2.09. The molecule has 3 aromatic rings. The van der Waals surface area contributed by atoms with Gasteiger partial charge in [0.1, 0.15) is 11.9 Å². The Morgan fingerprint density at radius 2 is 2.18 bits per heavy atom. The summed E-state index contributed by atoms with van der Waals surface area (Å²) in [6, 6.07) is 6.44. The molecule has 8 nitrogen and oxygen atoms in total. The molecule has 0 atom stereocenters. The van der Waals surface area contributed by atoms with Gasteiger partial charge in [-0.05, 0) is 12.1 Å². The van der Waals surface area contributed by atoms with Gasteiger partial charge in [0.05, 0.1) is 17.4 Å². The lowest BCUT2D eigenvalue weighted by atomic mass is 10.3. The van der Waals surface area contributed by atoms with Crippen molar-refractivity contribution in [3.63, 3.8) is 0 Å². The molecule has 2 N–H and O–H groups in total. The molecule has 0 aromatic carbocycles. The molecule has 0 unspecified atom stereocenters. The van der Waals surface area contributed by atoms with Crippen molar-refractivity contribution in [3.8, 4) is 6.07 Å². The minimum absolute atomic E-state index is 0.0797. The van der Waals surface area contributed by atoms with E-state index >= 15 is 0 Å². The number of anilines is 2. The van der Waals surface area contributed by atoms with Gasteiger partial charge in [-0.2, -0.15) is 14.9 Å². The number of hydrogen-bond acceptors (Lipinski definition) is 6. The Bertz CT molecular complexity index is 913. The number of carboxylic acids is 1. The SMILES string of the molecule is N#Cc1cnc2c(Nc3ccc(C(=O)O)cn3)cc(Cl)nn12. The van der Waals surface area contributed by atoms with Gasteiger partial charge < -0.3 is 10.4 Å². The van der Waals surface area contributed by atoms with Crippen LogP contribution in [0.15, 0.2) is 30.6 Å². The summed E-state index contributed by atoms with van der Waals surface area (Å²) >= 11 is 5.94. The van der Waals surface area contributed by atoms with Gasteiger partial charge in [-0.3, -0.25) is 0 Å². The van der Waals surface area contributed by atoms with Crippen LogP contribution in [0.2, 0.25) is 5.15 Å². The normalized spacial score (nSPS) is 10.4. The lowest BCUT2D eigenvalue weighted by Crippen LogP contribution is -2.02. The van der Waals surface area contributed by atoms with Crippen LogP contribution in [-0.2, 0) is 0 Å². The first-order valence-corrected chi connectivity index (χ1v) is 6.37. The van der Waals surface area contributed by atoms with Crippen LogP contribution in [-0.4, -0.2) is 30.7 Å². The molecule has 0 aliphatic carbocycles. The maximum Gasteiger partial charge on any atom is 0.337 e. The van der Waals surface area contributed by atoms with E-state index in [4.69, 9.17) is 22.0 Å². The van der Waals surface area contributed by atoms with E-state index in [1.165, 1.54) is 35.1 Å². The highest BCUT2D eigenvalue weighted by Crippen LogP contribution is 2.23. The molecule has 0 aliphatic rings. The summed E-state index contributed by atoms with van der Waals surface area (Å²) < 4.78 is 1.32. The molecule has 0 radical (unpaired) electrons. The smallest absolute Gasteiger partial charge is 0.337 e. The van der Waals surface area contributed by atoms with Crippen LogP contribution in [0.3, 0.4) is 0 Å². The number of nitrogens with zero attached hydrogens (tertiary/aromatic N) is 5. The zero-order valence-electron chi connectivity index (χ0n) is 10.9. The van der Waals surface area contributed by atoms with Crippen LogP contribution < -0.4 is 5.32 Å². The van der Waals surface area contributed by atoms with Crippen molar-refractivity contribution in [1.29, 1.82) is 5.26 Å². The zero-order valence-corrected chi connectivity index (χ0v) is 11.6. The van der Waals surface area contributed by atoms with E-state index in [9.17, 15) is 4.79 Å². The number of pyridine rings is 1. The van der Waals surface area contributed by atoms with Crippen LogP contribution in [0.1, 0.15) is 16.1 Å². The van der Waals surface area contributed by atoms with Gasteiger partial charge >= 0.3 is 5.97 Å². The summed E-state index contributed by atoms with van der Waals surface area (Å²) in [6.07, 6.45) is 2.61. The first-order valence-electron chi connectivity index (χ1n) is 5.99. The number of nitrogens with one attached hydrogen (secondary N) is 1. The standard InChI is InChI=1S/C13H7ClN6O2/c14-10-3-9(12-17-6-8(4-15)20(12)19-10)18-11-2-1-7(5-16-11)13(21)22/h1-3,5-6H,(H,16,18)(H,21,22). The highest BCUT2D eigenvalue weighted by molar-refractivity contribution is 6.29. The molecule has 3 aromatic heterocycles. The summed E-state index contributed by atoms with van der Waals surface area (Å²) in [6.45, 7) is 0. The van der Waals surface area contributed by atoms with Gasteiger partial charge in [-0.1, -0.05) is 11.6 Å². The van der Waals surface area contributed by atoms with Crippen molar-refractivity contribution in [2.75, 3.05) is 5.32 Å². The number of halogens is 1. The maximum atomic E-state index is 10.8. The van der Waals surface area contributed by atoms with Crippen LogP contribution in [0.4, 0.5) is 11.5 Å². The minimum atomic E-state index is -1.06. The lowest BCUT2D eigenvalue weighted by molar-refractivity contribution is 0.0696. The number of carboxylic acid groups (broad SMARTS) is 1. The Balaban J connectivity index is 2.02.